The van der Waals surface area contributed by atoms with E-state index in [0.717, 1.165) is 0 Å². The number of hydrogen-bond donors (Lipinski definition) is 1. The van der Waals surface area contributed by atoms with Crippen LogP contribution in [0.5, 0.6) is 0 Å². The molecule has 0 radical (unpaired) electrons. The number of nitrogens with zero attached hydrogens (tertiary/aromatic N) is 2. The monoisotopic (exact) mass is 300 g/mol. The molecule has 0 amide bonds. The first-order valence-corrected chi connectivity index (χ1v) is 7.74. The highest BCUT2D eigenvalue weighted by molar-refractivity contribution is 7.88. The number of carboxylic acid groups (broad SMARTS) is 1. The molecule has 0 saturated heterocycles. The Balaban J connectivity index is 2.72. The fourth-order valence-electron chi connectivity index (χ4n) is 1.54. The van der Waals surface area contributed by atoms with Crippen molar-refractivity contribution >= 4 is 16.0 Å². The lowest BCUT2D eigenvalue weighted by molar-refractivity contribution is 0.0697. The molecule has 0 spiro atoms. The van der Waals surface area contributed by atoms with Crippen LogP contribution in [0.3, 0.4) is 0 Å². The van der Waals surface area contributed by atoms with Crippen LogP contribution in [0.2, 0.25) is 0 Å². The summed E-state index contributed by atoms with van der Waals surface area (Å²) in [5.74, 6) is -1.15. The third-order valence-corrected chi connectivity index (χ3v) is 4.72. The highest BCUT2D eigenvalue weighted by Gasteiger charge is 2.18. The summed E-state index contributed by atoms with van der Waals surface area (Å²) in [7, 11) is 1.92. The second-order valence-electron chi connectivity index (χ2n) is 4.88. The van der Waals surface area contributed by atoms with Crippen LogP contribution in [0.1, 0.15) is 15.9 Å². The van der Waals surface area contributed by atoms with Gasteiger partial charge in [0.25, 0.3) is 0 Å². The number of rotatable bonds is 7. The minimum absolute atomic E-state index is 0.128. The standard InChI is InChI=1S/C13H20N2O4S/c1-14(2)8-9-15(3)20(18,19)10-11-4-6-12(7-5-11)13(16)17/h4-7H,8-10H2,1-3H3,(H,16,17). The number of likely N-dealkylation sites (N-methyl/N-ethyl adjacent to an activating group) is 2. The summed E-state index contributed by atoms with van der Waals surface area (Å²) >= 11 is 0. The molecule has 1 rings (SSSR count). The highest BCUT2D eigenvalue weighted by Crippen LogP contribution is 2.11. The lowest BCUT2D eigenvalue weighted by atomic mass is 10.1. The Bertz CT molecular complexity index is 552. The first-order valence-electron chi connectivity index (χ1n) is 6.13. The third-order valence-electron chi connectivity index (χ3n) is 2.89. The van der Waals surface area contributed by atoms with Gasteiger partial charge in [-0.2, -0.15) is 0 Å². The van der Waals surface area contributed by atoms with E-state index in [0.29, 0.717) is 18.7 Å². The second-order valence-corrected chi connectivity index (χ2v) is 6.96. The molecule has 0 aromatic heterocycles. The van der Waals surface area contributed by atoms with Crippen LogP contribution >= 0.6 is 0 Å². The zero-order valence-corrected chi connectivity index (χ0v) is 12.7. The van der Waals surface area contributed by atoms with Gasteiger partial charge in [-0.05, 0) is 31.8 Å². The van der Waals surface area contributed by atoms with Crippen LogP contribution in [0.15, 0.2) is 24.3 Å². The number of benzene rings is 1. The minimum Gasteiger partial charge on any atom is -0.478 e. The Morgan fingerprint density at radius 3 is 2.10 bits per heavy atom. The molecule has 0 fully saturated rings. The van der Waals surface area contributed by atoms with Gasteiger partial charge in [0.15, 0.2) is 0 Å². The fourth-order valence-corrected chi connectivity index (χ4v) is 2.74. The van der Waals surface area contributed by atoms with Gasteiger partial charge in [0, 0.05) is 20.1 Å². The molecule has 0 aliphatic carbocycles. The van der Waals surface area contributed by atoms with Crippen molar-refractivity contribution in [3.05, 3.63) is 35.4 Å². The van der Waals surface area contributed by atoms with E-state index >= 15 is 0 Å². The van der Waals surface area contributed by atoms with E-state index in [2.05, 4.69) is 0 Å². The molecule has 0 bridgehead atoms. The van der Waals surface area contributed by atoms with Gasteiger partial charge in [-0.3, -0.25) is 0 Å². The maximum atomic E-state index is 12.1. The van der Waals surface area contributed by atoms with E-state index in [-0.39, 0.29) is 11.3 Å². The summed E-state index contributed by atoms with van der Waals surface area (Å²) in [6.45, 7) is 1.07. The molecule has 1 aromatic carbocycles. The van der Waals surface area contributed by atoms with Gasteiger partial charge in [0.2, 0.25) is 10.0 Å². The van der Waals surface area contributed by atoms with Crippen molar-refractivity contribution in [2.45, 2.75) is 5.75 Å². The van der Waals surface area contributed by atoms with Crippen molar-refractivity contribution in [2.24, 2.45) is 0 Å². The maximum absolute atomic E-state index is 12.1. The van der Waals surface area contributed by atoms with E-state index in [1.807, 2.05) is 19.0 Å². The van der Waals surface area contributed by atoms with E-state index in [9.17, 15) is 13.2 Å². The molecule has 112 valence electrons. The maximum Gasteiger partial charge on any atom is 0.335 e. The topological polar surface area (TPSA) is 77.9 Å². The van der Waals surface area contributed by atoms with Crippen LogP contribution in [0.25, 0.3) is 0 Å². The van der Waals surface area contributed by atoms with Crippen LogP contribution in [0, 0.1) is 0 Å². The Kier molecular flexibility index (Phi) is 5.67. The van der Waals surface area contributed by atoms with Gasteiger partial charge < -0.3 is 10.0 Å². The normalized spacial score (nSPS) is 12.1. The quantitative estimate of drug-likeness (QED) is 0.802. The second kappa shape index (κ2) is 6.83. The predicted molar refractivity (Wildman–Crippen MR) is 77.2 cm³/mol. The van der Waals surface area contributed by atoms with Crippen molar-refractivity contribution in [2.75, 3.05) is 34.2 Å². The number of sulfonamides is 1. The largest absolute Gasteiger partial charge is 0.478 e. The third kappa shape index (κ3) is 4.92. The minimum atomic E-state index is -3.38. The summed E-state index contributed by atoms with van der Waals surface area (Å²) in [5.41, 5.74) is 0.721. The van der Waals surface area contributed by atoms with Crippen molar-refractivity contribution < 1.29 is 18.3 Å². The Hall–Kier alpha value is -1.44. The smallest absolute Gasteiger partial charge is 0.335 e. The van der Waals surface area contributed by atoms with Gasteiger partial charge in [-0.15, -0.1) is 0 Å². The van der Waals surface area contributed by atoms with Crippen LogP contribution < -0.4 is 0 Å². The average molecular weight is 300 g/mol. The van der Waals surface area contributed by atoms with E-state index in [4.69, 9.17) is 5.11 Å². The highest BCUT2D eigenvalue weighted by atomic mass is 32.2. The van der Waals surface area contributed by atoms with Crippen LogP contribution in [0.4, 0.5) is 0 Å². The average Bonchev–Trinajstić information content (AvgIpc) is 2.35. The van der Waals surface area contributed by atoms with Crippen molar-refractivity contribution in [1.29, 1.82) is 0 Å². The Labute approximate surface area is 119 Å². The zero-order chi connectivity index (χ0) is 15.3. The molecule has 7 heteroatoms. The SMILES string of the molecule is CN(C)CCN(C)S(=O)(=O)Cc1ccc(C(=O)O)cc1. The summed E-state index contributed by atoms with van der Waals surface area (Å²) in [5, 5.41) is 8.79. The lowest BCUT2D eigenvalue weighted by Gasteiger charge is -2.19. The predicted octanol–water partition coefficient (Wildman–Crippen LogP) is 0.708. The molecule has 0 unspecified atom stereocenters. The number of aromatic carboxylic acids is 1. The van der Waals surface area contributed by atoms with Gasteiger partial charge in [0.05, 0.1) is 11.3 Å². The molecular weight excluding hydrogens is 280 g/mol. The van der Waals surface area contributed by atoms with Gasteiger partial charge >= 0.3 is 5.97 Å². The Morgan fingerprint density at radius 1 is 1.10 bits per heavy atom. The van der Waals surface area contributed by atoms with E-state index < -0.39 is 16.0 Å². The van der Waals surface area contributed by atoms with Gasteiger partial charge in [-0.1, -0.05) is 12.1 Å². The first-order chi connectivity index (χ1) is 9.22. The molecule has 6 nitrogen and oxygen atoms in total. The van der Waals surface area contributed by atoms with E-state index in [1.54, 1.807) is 7.05 Å². The number of carboxylic acids is 1. The van der Waals surface area contributed by atoms with Gasteiger partial charge in [-0.25, -0.2) is 17.5 Å². The van der Waals surface area contributed by atoms with Gasteiger partial charge in [0.1, 0.15) is 0 Å². The first kappa shape index (κ1) is 16.6. The molecule has 0 saturated carbocycles. The molecule has 0 heterocycles. The number of hydrogen-bond acceptors (Lipinski definition) is 4. The van der Waals surface area contributed by atoms with Crippen molar-refractivity contribution in [1.82, 2.24) is 9.21 Å². The summed E-state index contributed by atoms with van der Waals surface area (Å²) < 4.78 is 25.6. The molecule has 1 N–H and O–H groups in total. The molecule has 0 atom stereocenters. The van der Waals surface area contributed by atoms with E-state index in [1.165, 1.54) is 28.6 Å². The lowest BCUT2D eigenvalue weighted by Crippen LogP contribution is -2.34. The fraction of sp³-hybridized carbons (Fsp3) is 0.462. The molecule has 0 aliphatic rings. The molecule has 1 aromatic rings. The van der Waals surface area contributed by atoms with Crippen LogP contribution in [-0.4, -0.2) is 62.9 Å². The molecular formula is C13H20N2O4S. The molecule has 20 heavy (non-hydrogen) atoms. The summed E-state index contributed by atoms with van der Waals surface area (Å²) in [6.07, 6.45) is 0. The van der Waals surface area contributed by atoms with Crippen molar-refractivity contribution in [3.63, 3.8) is 0 Å². The summed E-state index contributed by atoms with van der Waals surface area (Å²) in [4.78, 5) is 12.6. The Morgan fingerprint density at radius 2 is 1.65 bits per heavy atom. The zero-order valence-electron chi connectivity index (χ0n) is 11.9. The number of carbonyl (C=O) groups is 1. The van der Waals surface area contributed by atoms with Crippen molar-refractivity contribution in [3.8, 4) is 0 Å². The summed E-state index contributed by atoms with van der Waals surface area (Å²) in [6, 6.07) is 5.88. The van der Waals surface area contributed by atoms with Crippen LogP contribution in [-0.2, 0) is 15.8 Å². The molecule has 0 aliphatic heterocycles.